The third kappa shape index (κ3) is 22.3. The van der Waals surface area contributed by atoms with Crippen molar-refractivity contribution in [2.75, 3.05) is 27.7 Å². The highest BCUT2D eigenvalue weighted by molar-refractivity contribution is 7.53. The largest absolute Gasteiger partial charge is 0.365 e. The molecule has 0 spiro atoms. The maximum absolute atomic E-state index is 12.7. The van der Waals surface area contributed by atoms with Crippen molar-refractivity contribution >= 4 is 7.60 Å². The fourth-order valence-electron chi connectivity index (χ4n) is 4.87. The van der Waals surface area contributed by atoms with E-state index in [0.717, 1.165) is 19.3 Å². The molecule has 6 heteroatoms. The van der Waals surface area contributed by atoms with Crippen molar-refractivity contribution in [3.05, 3.63) is 12.2 Å². The Morgan fingerprint density at radius 3 is 1.57 bits per heavy atom. The molecule has 5 nitrogen and oxygen atoms in total. The van der Waals surface area contributed by atoms with E-state index in [1.54, 1.807) is 6.92 Å². The lowest BCUT2D eigenvalue weighted by molar-refractivity contribution is -0.869. The van der Waals surface area contributed by atoms with Crippen LogP contribution in [-0.2, 0) is 9.09 Å². The summed E-state index contributed by atoms with van der Waals surface area (Å²) in [4.78, 5) is 10.4. The lowest BCUT2D eigenvalue weighted by Crippen LogP contribution is -2.41. The van der Waals surface area contributed by atoms with Crippen LogP contribution in [0.25, 0.3) is 0 Å². The molecule has 0 aliphatic heterocycles. The molecule has 0 aromatic rings. The average Bonchev–Trinajstić information content (AvgIpc) is 2.81. The molecule has 0 aliphatic rings. The summed E-state index contributed by atoms with van der Waals surface area (Å²) >= 11 is 0. The van der Waals surface area contributed by atoms with Gasteiger partial charge in [0, 0.05) is 6.42 Å². The van der Waals surface area contributed by atoms with Crippen molar-refractivity contribution in [1.82, 2.24) is 0 Å². The summed E-state index contributed by atoms with van der Waals surface area (Å²) in [6, 6.07) is 0. The number of quaternary nitrogens is 1. The topological polar surface area (TPSA) is 66.8 Å². The van der Waals surface area contributed by atoms with E-state index in [-0.39, 0.29) is 0 Å². The Morgan fingerprint density at radius 2 is 1.16 bits per heavy atom. The zero-order valence-electron chi connectivity index (χ0n) is 25.7. The molecule has 0 amide bonds. The quantitative estimate of drug-likeness (QED) is 0.0373. The standard InChI is InChI=1S/C31H64NO4P/c1-7-9-10-11-12-13-14-15-16-17-18-19-20-21-22-23-24-25-26-27-28-31(33,8-2)36-37(34,35)30(3)29-32(4,5)6/h15-16,30,33H,7-14,17-29H2,1-6H3/p+1. The molecule has 3 atom stereocenters. The van der Waals surface area contributed by atoms with Gasteiger partial charge in [-0.25, -0.2) is 0 Å². The molecular weight excluding hydrogens is 481 g/mol. The normalized spacial score (nSPS) is 16.6. The number of rotatable bonds is 26. The summed E-state index contributed by atoms with van der Waals surface area (Å²) in [5.74, 6) is -1.51. The van der Waals surface area contributed by atoms with E-state index in [1.165, 1.54) is 96.3 Å². The fraction of sp³-hybridized carbons (Fsp3) is 0.935. The van der Waals surface area contributed by atoms with Gasteiger partial charge in [0.1, 0.15) is 5.66 Å². The second-order valence-corrected chi connectivity index (χ2v) is 14.6. The summed E-state index contributed by atoms with van der Waals surface area (Å²) in [7, 11) is 2.07. The molecule has 0 bridgehead atoms. The van der Waals surface area contributed by atoms with Gasteiger partial charge in [0.2, 0.25) is 0 Å². The first-order valence-electron chi connectivity index (χ1n) is 15.7. The van der Waals surface area contributed by atoms with Crippen LogP contribution in [0.5, 0.6) is 0 Å². The third-order valence-corrected chi connectivity index (χ3v) is 9.18. The van der Waals surface area contributed by atoms with Crippen molar-refractivity contribution in [2.24, 2.45) is 0 Å². The first kappa shape index (κ1) is 36.8. The van der Waals surface area contributed by atoms with Crippen molar-refractivity contribution < 1.29 is 23.6 Å². The van der Waals surface area contributed by atoms with E-state index in [1.807, 2.05) is 28.1 Å². The Kier molecular flexibility index (Phi) is 21.5. The fourth-order valence-corrected chi connectivity index (χ4v) is 6.46. The molecule has 0 saturated heterocycles. The average molecular weight is 547 g/mol. The molecule has 0 heterocycles. The number of unbranched alkanes of at least 4 members (excludes halogenated alkanes) is 16. The highest BCUT2D eigenvalue weighted by atomic mass is 31.2. The van der Waals surface area contributed by atoms with E-state index in [2.05, 4.69) is 19.1 Å². The van der Waals surface area contributed by atoms with Crippen LogP contribution in [0.3, 0.4) is 0 Å². The Balaban J connectivity index is 3.72. The van der Waals surface area contributed by atoms with Crippen molar-refractivity contribution in [3.63, 3.8) is 0 Å². The van der Waals surface area contributed by atoms with E-state index < -0.39 is 19.0 Å². The maximum atomic E-state index is 12.7. The van der Waals surface area contributed by atoms with Gasteiger partial charge in [0.05, 0.1) is 27.7 Å². The maximum Gasteiger partial charge on any atom is 0.339 e. The lowest BCUT2D eigenvalue weighted by Gasteiger charge is -2.34. The van der Waals surface area contributed by atoms with Gasteiger partial charge in [-0.05, 0) is 45.4 Å². The third-order valence-electron chi connectivity index (χ3n) is 7.30. The molecule has 0 fully saturated rings. The monoisotopic (exact) mass is 546 g/mol. The van der Waals surface area contributed by atoms with Crippen molar-refractivity contribution in [1.29, 1.82) is 0 Å². The molecule has 3 unspecified atom stereocenters. The van der Waals surface area contributed by atoms with E-state index in [0.29, 0.717) is 23.9 Å². The van der Waals surface area contributed by atoms with Crippen molar-refractivity contribution in [2.45, 2.75) is 161 Å². The molecule has 37 heavy (non-hydrogen) atoms. The Bertz CT molecular complexity index is 605. The van der Waals surface area contributed by atoms with Crippen LogP contribution in [-0.4, -0.2) is 53.6 Å². The number of nitrogens with zero attached hydrogens (tertiary/aromatic N) is 1. The Morgan fingerprint density at radius 1 is 0.757 bits per heavy atom. The van der Waals surface area contributed by atoms with Crippen LogP contribution in [0.2, 0.25) is 0 Å². The minimum absolute atomic E-state index is 0.323. The SMILES string of the molecule is CCCCCCCCC=CCCCCCCCCCCCCC(O)(CC)OP(=O)(O)C(C)C[N+](C)(C)C. The smallest absolute Gasteiger partial charge is 0.339 e. The highest BCUT2D eigenvalue weighted by Gasteiger charge is 2.40. The van der Waals surface area contributed by atoms with Gasteiger partial charge in [-0.15, -0.1) is 0 Å². The van der Waals surface area contributed by atoms with Crippen LogP contribution in [0, 0.1) is 0 Å². The number of allylic oxidation sites excluding steroid dienone is 2. The molecule has 0 radical (unpaired) electrons. The first-order valence-corrected chi connectivity index (χ1v) is 17.3. The zero-order chi connectivity index (χ0) is 28.0. The van der Waals surface area contributed by atoms with Gasteiger partial charge in [-0.1, -0.05) is 109 Å². The molecule has 222 valence electrons. The summed E-state index contributed by atoms with van der Waals surface area (Å²) in [5, 5.41) is 10.8. The van der Waals surface area contributed by atoms with E-state index >= 15 is 0 Å². The van der Waals surface area contributed by atoms with Crippen LogP contribution < -0.4 is 0 Å². The summed E-state index contributed by atoms with van der Waals surface area (Å²) in [5.41, 5.74) is -0.517. The highest BCUT2D eigenvalue weighted by Crippen LogP contribution is 2.52. The number of hydrogen-bond acceptors (Lipinski definition) is 3. The molecule has 0 aromatic carbocycles. The van der Waals surface area contributed by atoms with Gasteiger partial charge < -0.3 is 14.5 Å². The van der Waals surface area contributed by atoms with Gasteiger partial charge in [-0.2, -0.15) is 0 Å². The second-order valence-electron chi connectivity index (χ2n) is 12.4. The van der Waals surface area contributed by atoms with Gasteiger partial charge >= 0.3 is 7.60 Å². The van der Waals surface area contributed by atoms with Crippen LogP contribution >= 0.6 is 7.60 Å². The Labute approximate surface area is 231 Å². The summed E-state index contributed by atoms with van der Waals surface area (Å²) in [6.07, 6.45) is 28.5. The predicted octanol–water partition coefficient (Wildman–Crippen LogP) is 9.37. The van der Waals surface area contributed by atoms with Gasteiger partial charge in [-0.3, -0.25) is 9.09 Å². The van der Waals surface area contributed by atoms with Crippen LogP contribution in [0.4, 0.5) is 0 Å². The minimum atomic E-state index is -3.88. The molecule has 0 saturated carbocycles. The zero-order valence-corrected chi connectivity index (χ0v) is 26.6. The second kappa shape index (κ2) is 21.6. The van der Waals surface area contributed by atoms with E-state index in [4.69, 9.17) is 4.52 Å². The molecular formula is C31H65NO4P+. The molecule has 0 aromatic heterocycles. The van der Waals surface area contributed by atoms with Crippen LogP contribution in [0.1, 0.15) is 149 Å². The minimum Gasteiger partial charge on any atom is -0.365 e. The molecule has 0 aliphatic carbocycles. The van der Waals surface area contributed by atoms with Gasteiger partial charge in [0.25, 0.3) is 0 Å². The van der Waals surface area contributed by atoms with Crippen LogP contribution in [0.15, 0.2) is 12.2 Å². The van der Waals surface area contributed by atoms with E-state index in [9.17, 15) is 14.6 Å². The first-order chi connectivity index (χ1) is 17.5. The van der Waals surface area contributed by atoms with Crippen molar-refractivity contribution in [3.8, 4) is 0 Å². The summed E-state index contributed by atoms with van der Waals surface area (Å²) in [6.45, 7) is 6.34. The summed E-state index contributed by atoms with van der Waals surface area (Å²) < 4.78 is 18.8. The molecule has 2 N–H and O–H groups in total. The Hall–Kier alpha value is -0.190. The number of aliphatic hydroxyl groups is 1. The lowest BCUT2D eigenvalue weighted by atomic mass is 10.0. The number of hydrogen-bond donors (Lipinski definition) is 2. The van der Waals surface area contributed by atoms with Gasteiger partial charge in [0.15, 0.2) is 5.79 Å². The predicted molar refractivity (Wildman–Crippen MR) is 161 cm³/mol. The molecule has 0 rings (SSSR count).